The van der Waals surface area contributed by atoms with E-state index in [0.717, 1.165) is 13.0 Å². The van der Waals surface area contributed by atoms with Gasteiger partial charge in [-0.05, 0) is 43.4 Å². The molecule has 18 heavy (non-hydrogen) atoms. The third kappa shape index (κ3) is 4.18. The molecule has 0 saturated carbocycles. The molecule has 0 unspecified atom stereocenters. The zero-order valence-corrected chi connectivity index (χ0v) is 13.8. The van der Waals surface area contributed by atoms with Crippen LogP contribution < -0.4 is 5.32 Å². The SMILES string of the molecule is C[C@@H]1CCN[C@@H](C(=O)CO[Si](C)(C)C(C)(C)C)C1. The number of ketones is 1. The van der Waals surface area contributed by atoms with Crippen LogP contribution in [0.4, 0.5) is 0 Å². The molecule has 1 fully saturated rings. The van der Waals surface area contributed by atoms with Gasteiger partial charge < -0.3 is 9.74 Å². The Balaban J connectivity index is 2.46. The number of carbonyl (C=O) groups excluding carboxylic acids is 1. The Bertz CT molecular complexity index is 297. The van der Waals surface area contributed by atoms with Gasteiger partial charge in [-0.15, -0.1) is 0 Å². The first-order valence-electron chi connectivity index (χ1n) is 7.03. The van der Waals surface area contributed by atoms with E-state index in [-0.39, 0.29) is 23.5 Å². The molecule has 1 aliphatic heterocycles. The molecule has 0 amide bonds. The van der Waals surface area contributed by atoms with Crippen molar-refractivity contribution >= 4 is 14.1 Å². The molecule has 3 nitrogen and oxygen atoms in total. The third-order valence-corrected chi connectivity index (χ3v) is 8.91. The first kappa shape index (κ1) is 15.9. The van der Waals surface area contributed by atoms with Crippen LogP contribution in [-0.4, -0.2) is 33.3 Å². The van der Waals surface area contributed by atoms with E-state index in [1.165, 1.54) is 6.42 Å². The highest BCUT2D eigenvalue weighted by Gasteiger charge is 2.38. The first-order chi connectivity index (χ1) is 8.13. The van der Waals surface area contributed by atoms with Crippen LogP contribution in [0.5, 0.6) is 0 Å². The van der Waals surface area contributed by atoms with Gasteiger partial charge in [-0.3, -0.25) is 4.79 Å². The minimum absolute atomic E-state index is 0.0125. The molecule has 1 saturated heterocycles. The molecule has 0 aliphatic carbocycles. The fourth-order valence-corrected chi connectivity index (χ4v) is 2.86. The van der Waals surface area contributed by atoms with Gasteiger partial charge in [0.25, 0.3) is 0 Å². The monoisotopic (exact) mass is 271 g/mol. The lowest BCUT2D eigenvalue weighted by Gasteiger charge is -2.36. The van der Waals surface area contributed by atoms with Gasteiger partial charge in [-0.25, -0.2) is 0 Å². The van der Waals surface area contributed by atoms with Crippen molar-refractivity contribution in [2.24, 2.45) is 5.92 Å². The Labute approximate surface area is 113 Å². The Morgan fingerprint density at radius 2 is 2.00 bits per heavy atom. The fourth-order valence-electron chi connectivity index (χ4n) is 1.92. The normalized spacial score (nSPS) is 26.1. The average molecular weight is 271 g/mol. The summed E-state index contributed by atoms with van der Waals surface area (Å²) in [4.78, 5) is 12.2. The van der Waals surface area contributed by atoms with Crippen molar-refractivity contribution < 1.29 is 9.22 Å². The van der Waals surface area contributed by atoms with E-state index in [4.69, 9.17) is 4.43 Å². The van der Waals surface area contributed by atoms with Crippen molar-refractivity contribution in [2.75, 3.05) is 13.2 Å². The largest absolute Gasteiger partial charge is 0.409 e. The fraction of sp³-hybridized carbons (Fsp3) is 0.929. The Morgan fingerprint density at radius 3 is 2.50 bits per heavy atom. The number of Topliss-reactive ketones (excluding diaryl/α,β-unsaturated/α-hetero) is 1. The molecule has 0 aromatic rings. The minimum Gasteiger partial charge on any atom is -0.409 e. The topological polar surface area (TPSA) is 38.3 Å². The maximum Gasteiger partial charge on any atom is 0.192 e. The summed E-state index contributed by atoms with van der Waals surface area (Å²) in [5, 5.41) is 3.48. The number of carbonyl (C=O) groups is 1. The molecule has 1 heterocycles. The van der Waals surface area contributed by atoms with E-state index in [1.54, 1.807) is 0 Å². The second-order valence-electron chi connectivity index (χ2n) is 7.15. The molecule has 1 N–H and O–H groups in total. The quantitative estimate of drug-likeness (QED) is 0.799. The van der Waals surface area contributed by atoms with Crippen molar-refractivity contribution in [3.63, 3.8) is 0 Å². The lowest BCUT2D eigenvalue weighted by atomic mass is 9.92. The summed E-state index contributed by atoms with van der Waals surface area (Å²) in [6.45, 7) is 14.4. The van der Waals surface area contributed by atoms with Crippen molar-refractivity contribution in [1.29, 1.82) is 0 Å². The number of piperidine rings is 1. The molecule has 0 aromatic carbocycles. The molecule has 2 atom stereocenters. The van der Waals surface area contributed by atoms with Crippen molar-refractivity contribution in [1.82, 2.24) is 5.32 Å². The van der Waals surface area contributed by atoms with E-state index < -0.39 is 8.32 Å². The van der Waals surface area contributed by atoms with Gasteiger partial charge in [0.2, 0.25) is 0 Å². The highest BCUT2D eigenvalue weighted by Crippen LogP contribution is 2.36. The Kier molecular flexibility index (Phi) is 5.15. The lowest BCUT2D eigenvalue weighted by Crippen LogP contribution is -2.48. The second kappa shape index (κ2) is 5.84. The first-order valence-corrected chi connectivity index (χ1v) is 9.94. The highest BCUT2D eigenvalue weighted by molar-refractivity contribution is 6.74. The summed E-state index contributed by atoms with van der Waals surface area (Å²) in [6.07, 6.45) is 2.13. The zero-order chi connectivity index (χ0) is 14.0. The van der Waals surface area contributed by atoms with Crippen LogP contribution in [0.2, 0.25) is 18.1 Å². The number of nitrogens with one attached hydrogen (secondary N) is 1. The van der Waals surface area contributed by atoms with Gasteiger partial charge in [-0.2, -0.15) is 0 Å². The van der Waals surface area contributed by atoms with Crippen molar-refractivity contribution in [2.45, 2.75) is 64.7 Å². The van der Waals surface area contributed by atoms with E-state index in [9.17, 15) is 4.79 Å². The summed E-state index contributed by atoms with van der Waals surface area (Å²) in [5.74, 6) is 0.874. The molecule has 0 spiro atoms. The number of rotatable bonds is 4. The third-order valence-electron chi connectivity index (χ3n) is 4.44. The predicted octanol–water partition coefficient (Wildman–Crippen LogP) is 2.97. The van der Waals surface area contributed by atoms with Crippen molar-refractivity contribution in [3.8, 4) is 0 Å². The number of hydrogen-bond donors (Lipinski definition) is 1. The summed E-state index contributed by atoms with van der Waals surface area (Å²) >= 11 is 0. The second-order valence-corrected chi connectivity index (χ2v) is 12.0. The van der Waals surface area contributed by atoms with Crippen LogP contribution >= 0.6 is 0 Å². The standard InChI is InChI=1S/C14H29NO2Si/c1-11-7-8-15-12(9-11)13(16)10-17-18(5,6)14(2,3)4/h11-12,15H,7-10H2,1-6H3/t11-,12-/m1/s1. The lowest BCUT2D eigenvalue weighted by molar-refractivity contribution is -0.124. The zero-order valence-electron chi connectivity index (χ0n) is 12.8. The van der Waals surface area contributed by atoms with Gasteiger partial charge >= 0.3 is 0 Å². The summed E-state index contributed by atoms with van der Waals surface area (Å²) < 4.78 is 5.99. The molecule has 0 bridgehead atoms. The summed E-state index contributed by atoms with van der Waals surface area (Å²) in [5.41, 5.74) is 0. The van der Waals surface area contributed by atoms with Crippen LogP contribution in [0.1, 0.15) is 40.5 Å². The van der Waals surface area contributed by atoms with Crippen LogP contribution in [0.25, 0.3) is 0 Å². The van der Waals surface area contributed by atoms with Crippen molar-refractivity contribution in [3.05, 3.63) is 0 Å². The number of hydrogen-bond acceptors (Lipinski definition) is 3. The van der Waals surface area contributed by atoms with Crippen LogP contribution in [0.15, 0.2) is 0 Å². The van der Waals surface area contributed by atoms with E-state index in [1.807, 2.05) is 0 Å². The molecule has 1 rings (SSSR count). The van der Waals surface area contributed by atoms with Gasteiger partial charge in [-0.1, -0.05) is 27.7 Å². The van der Waals surface area contributed by atoms with Gasteiger partial charge in [0.1, 0.15) is 0 Å². The molecule has 0 radical (unpaired) electrons. The smallest absolute Gasteiger partial charge is 0.192 e. The van der Waals surface area contributed by atoms with Gasteiger partial charge in [0, 0.05) is 0 Å². The molecular formula is C14H29NO2Si. The van der Waals surface area contributed by atoms with Crippen LogP contribution in [0, 0.1) is 5.92 Å². The Hall–Kier alpha value is -0.193. The van der Waals surface area contributed by atoms with E-state index in [2.05, 4.69) is 46.1 Å². The maximum absolute atomic E-state index is 12.2. The maximum atomic E-state index is 12.2. The van der Waals surface area contributed by atoms with Crippen LogP contribution in [0.3, 0.4) is 0 Å². The molecular weight excluding hydrogens is 242 g/mol. The Morgan fingerprint density at radius 1 is 1.39 bits per heavy atom. The molecule has 1 aliphatic rings. The predicted molar refractivity (Wildman–Crippen MR) is 78.3 cm³/mol. The minimum atomic E-state index is -1.80. The van der Waals surface area contributed by atoms with Gasteiger partial charge in [0.05, 0.1) is 12.6 Å². The molecule has 0 aromatic heterocycles. The van der Waals surface area contributed by atoms with E-state index >= 15 is 0 Å². The highest BCUT2D eigenvalue weighted by atomic mass is 28.4. The average Bonchev–Trinajstić information content (AvgIpc) is 2.24. The molecule has 4 heteroatoms. The molecule has 106 valence electrons. The van der Waals surface area contributed by atoms with Crippen LogP contribution in [-0.2, 0) is 9.22 Å². The summed E-state index contributed by atoms with van der Waals surface area (Å²) in [7, 11) is -1.80. The summed E-state index contributed by atoms with van der Waals surface area (Å²) in [6, 6.07) is 0.0125. The van der Waals surface area contributed by atoms with Gasteiger partial charge in [0.15, 0.2) is 14.1 Å². The van der Waals surface area contributed by atoms with E-state index in [0.29, 0.717) is 5.92 Å².